The largest absolute Gasteiger partial charge is 0.338 e. The first-order valence-electron chi connectivity index (χ1n) is 9.44. The third-order valence-electron chi connectivity index (χ3n) is 5.14. The number of carbonyl (C=O) groups excluding carboxylic acids is 1. The first kappa shape index (κ1) is 17.4. The molecule has 4 nitrogen and oxygen atoms in total. The third kappa shape index (κ3) is 3.90. The zero-order chi connectivity index (χ0) is 18.6. The zero-order valence-corrected chi connectivity index (χ0v) is 15.5. The van der Waals surface area contributed by atoms with Gasteiger partial charge in [-0.2, -0.15) is 0 Å². The van der Waals surface area contributed by atoms with Crippen LogP contribution in [-0.4, -0.2) is 33.9 Å². The molecule has 1 atom stereocenters. The minimum absolute atomic E-state index is 0.0805. The van der Waals surface area contributed by atoms with Crippen molar-refractivity contribution in [2.75, 3.05) is 13.1 Å². The van der Waals surface area contributed by atoms with Gasteiger partial charge in [0, 0.05) is 48.2 Å². The highest BCUT2D eigenvalue weighted by atomic mass is 16.2. The van der Waals surface area contributed by atoms with Gasteiger partial charge in [-0.3, -0.25) is 14.8 Å². The molecule has 0 radical (unpaired) electrons. The van der Waals surface area contributed by atoms with Crippen molar-refractivity contribution in [3.8, 4) is 11.3 Å². The third-order valence-corrected chi connectivity index (χ3v) is 5.14. The summed E-state index contributed by atoms with van der Waals surface area (Å²) in [5.74, 6) is 0.353. The number of carbonyl (C=O) groups is 1. The van der Waals surface area contributed by atoms with E-state index in [0.717, 1.165) is 36.3 Å². The first-order valence-corrected chi connectivity index (χ1v) is 9.44. The number of aromatic nitrogens is 2. The number of hydrogen-bond acceptors (Lipinski definition) is 3. The molecule has 1 aliphatic rings. The lowest BCUT2D eigenvalue weighted by atomic mass is 9.93. The summed E-state index contributed by atoms with van der Waals surface area (Å²) in [6.07, 6.45) is 5.39. The number of benzene rings is 1. The molecule has 4 heteroatoms. The molecule has 1 aliphatic heterocycles. The van der Waals surface area contributed by atoms with Gasteiger partial charge in [0.1, 0.15) is 0 Å². The quantitative estimate of drug-likeness (QED) is 0.695. The molecule has 2 aromatic heterocycles. The highest BCUT2D eigenvalue weighted by molar-refractivity contribution is 5.94. The van der Waals surface area contributed by atoms with Gasteiger partial charge >= 0.3 is 0 Å². The van der Waals surface area contributed by atoms with E-state index in [2.05, 4.69) is 54.4 Å². The maximum Gasteiger partial charge on any atom is 0.253 e. The van der Waals surface area contributed by atoms with Crippen molar-refractivity contribution in [2.24, 2.45) is 0 Å². The smallest absolute Gasteiger partial charge is 0.253 e. The molecule has 1 fully saturated rings. The van der Waals surface area contributed by atoms with Crippen LogP contribution in [0.5, 0.6) is 0 Å². The maximum atomic E-state index is 12.8. The van der Waals surface area contributed by atoms with E-state index in [0.29, 0.717) is 12.1 Å². The van der Waals surface area contributed by atoms with E-state index in [1.807, 2.05) is 4.90 Å². The predicted molar refractivity (Wildman–Crippen MR) is 107 cm³/mol. The summed E-state index contributed by atoms with van der Waals surface area (Å²) in [5, 5.41) is 0. The number of aryl methyl sites for hydroxylation is 1. The van der Waals surface area contributed by atoms with Crippen LogP contribution in [0.25, 0.3) is 11.3 Å². The Morgan fingerprint density at radius 3 is 2.70 bits per heavy atom. The molecule has 4 rings (SSSR count). The van der Waals surface area contributed by atoms with Crippen LogP contribution in [0, 0.1) is 6.92 Å². The van der Waals surface area contributed by atoms with Crippen LogP contribution >= 0.6 is 0 Å². The molecule has 1 amide bonds. The van der Waals surface area contributed by atoms with Crippen LogP contribution in [0.1, 0.15) is 40.4 Å². The molecule has 0 N–H and O–H groups in total. The second-order valence-corrected chi connectivity index (χ2v) is 7.14. The summed E-state index contributed by atoms with van der Waals surface area (Å²) in [6.45, 7) is 3.61. The summed E-state index contributed by atoms with van der Waals surface area (Å²) in [6, 6.07) is 18.2. The first-order chi connectivity index (χ1) is 13.2. The number of rotatable bonds is 3. The molecule has 136 valence electrons. The standard InChI is InChI=1S/C23H23N3O/c1-17-5-2-6-19(15-17)21-8-3-9-22(25-21)20-7-4-14-26(16-20)23(27)18-10-12-24-13-11-18/h2-3,5-6,8-13,15,20H,4,7,14,16H2,1H3. The van der Waals surface area contributed by atoms with Gasteiger partial charge in [-0.15, -0.1) is 0 Å². The summed E-state index contributed by atoms with van der Waals surface area (Å²) in [7, 11) is 0. The monoisotopic (exact) mass is 357 g/mol. The van der Waals surface area contributed by atoms with Gasteiger partial charge in [-0.1, -0.05) is 29.8 Å². The number of piperidine rings is 1. The van der Waals surface area contributed by atoms with Crippen molar-refractivity contribution in [1.82, 2.24) is 14.9 Å². The van der Waals surface area contributed by atoms with E-state index < -0.39 is 0 Å². The fourth-order valence-electron chi connectivity index (χ4n) is 3.72. The second-order valence-electron chi connectivity index (χ2n) is 7.14. The Labute approximate surface area is 159 Å². The molecule has 1 saturated heterocycles. The lowest BCUT2D eigenvalue weighted by molar-refractivity contribution is 0.0706. The molecule has 3 heterocycles. The molecule has 1 unspecified atom stereocenters. The van der Waals surface area contributed by atoms with E-state index in [1.165, 1.54) is 5.56 Å². The zero-order valence-electron chi connectivity index (χ0n) is 15.5. The number of likely N-dealkylation sites (tertiary alicyclic amines) is 1. The summed E-state index contributed by atoms with van der Waals surface area (Å²) >= 11 is 0. The van der Waals surface area contributed by atoms with Gasteiger partial charge < -0.3 is 4.90 Å². The van der Waals surface area contributed by atoms with Gasteiger partial charge in [0.05, 0.1) is 5.69 Å². The van der Waals surface area contributed by atoms with Crippen LogP contribution < -0.4 is 0 Å². The van der Waals surface area contributed by atoms with Crippen LogP contribution in [-0.2, 0) is 0 Å². The number of nitrogens with zero attached hydrogens (tertiary/aromatic N) is 3. The molecule has 3 aromatic rings. The van der Waals surface area contributed by atoms with Gasteiger partial charge in [0.25, 0.3) is 5.91 Å². The van der Waals surface area contributed by atoms with E-state index >= 15 is 0 Å². The van der Waals surface area contributed by atoms with Crippen molar-refractivity contribution in [3.63, 3.8) is 0 Å². The van der Waals surface area contributed by atoms with Crippen LogP contribution in [0.4, 0.5) is 0 Å². The van der Waals surface area contributed by atoms with Gasteiger partial charge in [0.2, 0.25) is 0 Å². The fraction of sp³-hybridized carbons (Fsp3) is 0.261. The summed E-state index contributed by atoms with van der Waals surface area (Å²) in [4.78, 5) is 23.7. The molecule has 0 spiro atoms. The van der Waals surface area contributed by atoms with Crippen molar-refractivity contribution in [2.45, 2.75) is 25.7 Å². The minimum Gasteiger partial charge on any atom is -0.338 e. The molecule has 27 heavy (non-hydrogen) atoms. The highest BCUT2D eigenvalue weighted by Crippen LogP contribution is 2.28. The van der Waals surface area contributed by atoms with Crippen molar-refractivity contribution >= 4 is 5.91 Å². The maximum absolute atomic E-state index is 12.8. The van der Waals surface area contributed by atoms with Crippen molar-refractivity contribution < 1.29 is 4.79 Å². The Kier molecular flexibility index (Phi) is 4.97. The Morgan fingerprint density at radius 2 is 1.89 bits per heavy atom. The molecular weight excluding hydrogens is 334 g/mol. The Morgan fingerprint density at radius 1 is 1.07 bits per heavy atom. The number of hydrogen-bond donors (Lipinski definition) is 0. The van der Waals surface area contributed by atoms with E-state index in [9.17, 15) is 4.79 Å². The minimum atomic E-state index is 0.0805. The van der Waals surface area contributed by atoms with Crippen LogP contribution in [0.15, 0.2) is 67.0 Å². The average Bonchev–Trinajstić information content (AvgIpc) is 2.74. The Bertz CT molecular complexity index is 939. The SMILES string of the molecule is Cc1cccc(-c2cccc(C3CCCN(C(=O)c4ccncc4)C3)n2)c1. The topological polar surface area (TPSA) is 46.1 Å². The summed E-state index contributed by atoms with van der Waals surface area (Å²) in [5.41, 5.74) is 5.13. The van der Waals surface area contributed by atoms with E-state index in [-0.39, 0.29) is 11.8 Å². The van der Waals surface area contributed by atoms with E-state index in [1.54, 1.807) is 24.5 Å². The van der Waals surface area contributed by atoms with Gasteiger partial charge in [-0.25, -0.2) is 0 Å². The number of pyridine rings is 2. The molecule has 0 bridgehead atoms. The van der Waals surface area contributed by atoms with Crippen molar-refractivity contribution in [1.29, 1.82) is 0 Å². The molecule has 1 aromatic carbocycles. The average molecular weight is 357 g/mol. The fourth-order valence-corrected chi connectivity index (χ4v) is 3.72. The Hall–Kier alpha value is -3.01. The normalized spacial score (nSPS) is 16.9. The molecule has 0 saturated carbocycles. The lowest BCUT2D eigenvalue weighted by Gasteiger charge is -2.32. The van der Waals surface area contributed by atoms with E-state index in [4.69, 9.17) is 4.98 Å². The van der Waals surface area contributed by atoms with Gasteiger partial charge in [0.15, 0.2) is 0 Å². The molecule has 0 aliphatic carbocycles. The van der Waals surface area contributed by atoms with Gasteiger partial charge in [-0.05, 0) is 50.1 Å². The van der Waals surface area contributed by atoms with Crippen LogP contribution in [0.3, 0.4) is 0 Å². The van der Waals surface area contributed by atoms with Crippen LogP contribution in [0.2, 0.25) is 0 Å². The van der Waals surface area contributed by atoms with Crippen molar-refractivity contribution in [3.05, 3.63) is 83.8 Å². The number of amides is 1. The lowest BCUT2D eigenvalue weighted by Crippen LogP contribution is -2.39. The Balaban J connectivity index is 1.55. The second kappa shape index (κ2) is 7.70. The molecular formula is C23H23N3O. The summed E-state index contributed by atoms with van der Waals surface area (Å²) < 4.78 is 0. The predicted octanol–water partition coefficient (Wildman–Crippen LogP) is 4.47. The highest BCUT2D eigenvalue weighted by Gasteiger charge is 2.26.